The van der Waals surface area contributed by atoms with Crippen molar-refractivity contribution in [1.82, 2.24) is 0 Å². The van der Waals surface area contributed by atoms with Crippen molar-refractivity contribution in [2.45, 2.75) is 4.83 Å². The minimum Gasteiger partial charge on any atom is -0.0837 e. The molecule has 20 heavy (non-hydrogen) atoms. The molecule has 100 valence electrons. The lowest BCUT2D eigenvalue weighted by atomic mass is 9.98. The van der Waals surface area contributed by atoms with Crippen LogP contribution in [0.5, 0.6) is 0 Å². The second-order valence-corrected chi connectivity index (χ2v) is 6.74. The van der Waals surface area contributed by atoms with Gasteiger partial charge in [-0.25, -0.2) is 0 Å². The van der Waals surface area contributed by atoms with Crippen molar-refractivity contribution in [2.75, 3.05) is 0 Å². The van der Waals surface area contributed by atoms with Gasteiger partial charge in [0, 0.05) is 14.9 Å². The van der Waals surface area contributed by atoms with E-state index in [1.54, 1.807) is 0 Å². The first kappa shape index (κ1) is 14.1. The molecule has 0 aliphatic rings. The Morgan fingerprint density at radius 3 is 2.15 bits per heavy atom. The molecule has 0 aromatic heterocycles. The molecule has 0 aliphatic carbocycles. The van der Waals surface area contributed by atoms with Gasteiger partial charge in [-0.15, -0.1) is 0 Å². The van der Waals surface area contributed by atoms with Crippen molar-refractivity contribution < 1.29 is 0 Å². The minimum absolute atomic E-state index is 0.125. The molecule has 1 unspecified atom stereocenters. The smallest absolute Gasteiger partial charge is 0.0661 e. The first-order valence-electron chi connectivity index (χ1n) is 6.24. The summed E-state index contributed by atoms with van der Waals surface area (Å²) in [4.78, 5) is 0.125. The van der Waals surface area contributed by atoms with Gasteiger partial charge < -0.3 is 0 Å². The lowest BCUT2D eigenvalue weighted by Crippen LogP contribution is -1.95. The van der Waals surface area contributed by atoms with E-state index in [0.29, 0.717) is 0 Å². The highest BCUT2D eigenvalue weighted by Gasteiger charge is 2.16. The van der Waals surface area contributed by atoms with Gasteiger partial charge in [-0.3, -0.25) is 0 Å². The Bertz CT molecular complexity index is 768. The average molecular weight is 411 g/mol. The number of hydrogen-bond acceptors (Lipinski definition) is 0. The largest absolute Gasteiger partial charge is 0.0837 e. The summed E-state index contributed by atoms with van der Waals surface area (Å²) in [5, 5.41) is 3.05. The van der Waals surface area contributed by atoms with Crippen LogP contribution in [0.4, 0.5) is 0 Å². The van der Waals surface area contributed by atoms with Crippen molar-refractivity contribution in [1.29, 1.82) is 0 Å². The number of halogens is 3. The van der Waals surface area contributed by atoms with Crippen LogP contribution in [0.3, 0.4) is 0 Å². The van der Waals surface area contributed by atoms with Crippen LogP contribution in [-0.4, -0.2) is 0 Å². The molecule has 0 spiro atoms. The van der Waals surface area contributed by atoms with Crippen LogP contribution in [-0.2, 0) is 0 Å². The quantitative estimate of drug-likeness (QED) is 0.410. The van der Waals surface area contributed by atoms with Crippen molar-refractivity contribution >= 4 is 54.2 Å². The molecule has 3 heteroatoms. The lowest BCUT2D eigenvalue weighted by Gasteiger charge is -2.16. The van der Waals surface area contributed by atoms with Crippen LogP contribution in [0.25, 0.3) is 10.8 Å². The average Bonchev–Trinajstić information content (AvgIpc) is 2.48. The predicted molar refractivity (Wildman–Crippen MR) is 93.9 cm³/mol. The minimum atomic E-state index is 0.125. The summed E-state index contributed by atoms with van der Waals surface area (Å²) in [5.41, 5.74) is 2.43. The second-order valence-electron chi connectivity index (χ2n) is 4.57. The standard InChI is InChI=1S/C17H11Br2Cl/c18-15-8-4-3-7-14(15)17(19)13-9-10-16(20)12-6-2-1-5-11(12)13/h1-10,17H. The maximum Gasteiger partial charge on any atom is 0.0661 e. The summed E-state index contributed by atoms with van der Waals surface area (Å²) in [5.74, 6) is 0. The van der Waals surface area contributed by atoms with Crippen molar-refractivity contribution in [3.05, 3.63) is 81.3 Å². The van der Waals surface area contributed by atoms with E-state index < -0.39 is 0 Å². The van der Waals surface area contributed by atoms with E-state index in [4.69, 9.17) is 11.6 Å². The first-order chi connectivity index (χ1) is 9.68. The van der Waals surface area contributed by atoms with Crippen molar-refractivity contribution in [3.63, 3.8) is 0 Å². The zero-order chi connectivity index (χ0) is 14.1. The van der Waals surface area contributed by atoms with E-state index in [1.807, 2.05) is 30.3 Å². The molecule has 0 nitrogen and oxygen atoms in total. The van der Waals surface area contributed by atoms with Gasteiger partial charge in [0.05, 0.1) is 4.83 Å². The van der Waals surface area contributed by atoms with Crippen LogP contribution < -0.4 is 0 Å². The van der Waals surface area contributed by atoms with E-state index in [0.717, 1.165) is 14.9 Å². The number of alkyl halides is 1. The molecule has 0 aliphatic heterocycles. The summed E-state index contributed by atoms with van der Waals surface area (Å²) in [6.07, 6.45) is 0. The summed E-state index contributed by atoms with van der Waals surface area (Å²) >= 11 is 13.7. The second kappa shape index (κ2) is 5.88. The van der Waals surface area contributed by atoms with Gasteiger partial charge in [0.15, 0.2) is 0 Å². The predicted octanol–water partition coefficient (Wildman–Crippen LogP) is 6.74. The van der Waals surface area contributed by atoms with E-state index in [1.165, 1.54) is 16.5 Å². The molecule has 0 amide bonds. The van der Waals surface area contributed by atoms with Gasteiger partial charge in [0.25, 0.3) is 0 Å². The number of benzene rings is 3. The molecule has 3 aromatic carbocycles. The molecular weight excluding hydrogens is 399 g/mol. The number of fused-ring (bicyclic) bond motifs is 1. The Hall–Kier alpha value is -0.830. The molecule has 0 N–H and O–H groups in total. The van der Waals surface area contributed by atoms with Gasteiger partial charge in [0.2, 0.25) is 0 Å². The highest BCUT2D eigenvalue weighted by Crippen LogP contribution is 2.39. The Morgan fingerprint density at radius 1 is 0.750 bits per heavy atom. The fourth-order valence-electron chi connectivity index (χ4n) is 2.35. The fraction of sp³-hybridized carbons (Fsp3) is 0.0588. The Morgan fingerprint density at radius 2 is 1.40 bits per heavy atom. The van der Waals surface area contributed by atoms with E-state index in [2.05, 4.69) is 62.2 Å². The van der Waals surface area contributed by atoms with Crippen LogP contribution in [0.1, 0.15) is 16.0 Å². The van der Waals surface area contributed by atoms with Gasteiger partial charge in [0.1, 0.15) is 0 Å². The lowest BCUT2D eigenvalue weighted by molar-refractivity contribution is 1.18. The third-order valence-electron chi connectivity index (χ3n) is 3.36. The van der Waals surface area contributed by atoms with Crippen LogP contribution in [0.15, 0.2) is 65.1 Å². The van der Waals surface area contributed by atoms with Crippen LogP contribution >= 0.6 is 43.5 Å². The first-order valence-corrected chi connectivity index (χ1v) is 8.33. The van der Waals surface area contributed by atoms with E-state index in [-0.39, 0.29) is 4.83 Å². The van der Waals surface area contributed by atoms with E-state index in [9.17, 15) is 0 Å². The van der Waals surface area contributed by atoms with E-state index >= 15 is 0 Å². The third-order valence-corrected chi connectivity index (χ3v) is 5.39. The number of rotatable bonds is 2. The zero-order valence-corrected chi connectivity index (χ0v) is 14.4. The Labute approximate surface area is 140 Å². The van der Waals surface area contributed by atoms with Crippen LogP contribution in [0.2, 0.25) is 5.02 Å². The topological polar surface area (TPSA) is 0 Å². The third kappa shape index (κ3) is 2.52. The van der Waals surface area contributed by atoms with Crippen molar-refractivity contribution in [3.8, 4) is 0 Å². The highest BCUT2D eigenvalue weighted by molar-refractivity contribution is 9.11. The highest BCUT2D eigenvalue weighted by atomic mass is 79.9. The zero-order valence-electron chi connectivity index (χ0n) is 10.5. The monoisotopic (exact) mass is 408 g/mol. The molecule has 3 aromatic rings. The van der Waals surface area contributed by atoms with Gasteiger partial charge in [-0.1, -0.05) is 92.0 Å². The number of hydrogen-bond donors (Lipinski definition) is 0. The van der Waals surface area contributed by atoms with Gasteiger partial charge in [-0.2, -0.15) is 0 Å². The molecule has 1 atom stereocenters. The molecule has 3 rings (SSSR count). The molecule has 0 fully saturated rings. The molecule has 0 radical (unpaired) electrons. The summed E-state index contributed by atoms with van der Waals surface area (Å²) < 4.78 is 1.10. The summed E-state index contributed by atoms with van der Waals surface area (Å²) in [6.45, 7) is 0. The summed E-state index contributed by atoms with van der Waals surface area (Å²) in [7, 11) is 0. The molecule has 0 bridgehead atoms. The van der Waals surface area contributed by atoms with Crippen LogP contribution in [0, 0.1) is 0 Å². The Balaban J connectivity index is 2.20. The maximum atomic E-state index is 6.29. The SMILES string of the molecule is Clc1ccc(C(Br)c2ccccc2Br)c2ccccc12. The molecule has 0 saturated heterocycles. The van der Waals surface area contributed by atoms with Crippen molar-refractivity contribution in [2.24, 2.45) is 0 Å². The van der Waals surface area contributed by atoms with Gasteiger partial charge in [-0.05, 0) is 28.6 Å². The maximum absolute atomic E-state index is 6.29. The normalized spacial score (nSPS) is 12.6. The fourth-order valence-corrected chi connectivity index (χ4v) is 4.20. The molecule has 0 saturated carbocycles. The summed E-state index contributed by atoms with van der Waals surface area (Å²) in [6, 6.07) is 20.5. The Kier molecular flexibility index (Phi) is 4.16. The van der Waals surface area contributed by atoms with Gasteiger partial charge >= 0.3 is 0 Å². The molecular formula is C17H11Br2Cl. The molecule has 0 heterocycles.